The third-order valence-electron chi connectivity index (χ3n) is 9.47. The predicted octanol–water partition coefficient (Wildman–Crippen LogP) is 6.06. The summed E-state index contributed by atoms with van der Waals surface area (Å²) in [7, 11) is 5.31. The number of rotatable bonds is 24. The Balaban J connectivity index is 1.49. The van der Waals surface area contributed by atoms with Crippen LogP contribution in [0.15, 0.2) is 82.5 Å². The monoisotopic (exact) mass is 807 g/mol. The smallest absolute Gasteiger partial charge is 0.407 e. The number of aliphatic imine (C=N–C) groups is 1. The molecule has 14 heteroatoms. The number of carbonyl (C=O) groups is 2. The molecular weight excluding hydrogens is 747 g/mol. The van der Waals surface area contributed by atoms with Crippen LogP contribution >= 0.6 is 23.1 Å². The lowest BCUT2D eigenvalue weighted by atomic mass is 9.95. The molecule has 306 valence electrons. The van der Waals surface area contributed by atoms with E-state index in [1.165, 1.54) is 11.8 Å². The van der Waals surface area contributed by atoms with Gasteiger partial charge in [0.05, 0.1) is 35.5 Å². The number of methoxy groups -OCH3 is 1. The lowest BCUT2D eigenvalue weighted by Crippen LogP contribution is -2.56. The van der Waals surface area contributed by atoms with Crippen LogP contribution in [0.3, 0.4) is 0 Å². The third-order valence-corrected chi connectivity index (χ3v) is 11.4. The van der Waals surface area contributed by atoms with E-state index in [-0.39, 0.29) is 24.6 Å². The highest BCUT2D eigenvalue weighted by Gasteiger charge is 2.28. The molecule has 1 aromatic heterocycles. The quantitative estimate of drug-likeness (QED) is 0.0559. The fourth-order valence-corrected chi connectivity index (χ4v) is 7.65. The molecule has 0 spiro atoms. The van der Waals surface area contributed by atoms with Crippen LogP contribution < -0.4 is 16.0 Å². The zero-order chi connectivity index (χ0) is 40.1. The van der Waals surface area contributed by atoms with Gasteiger partial charge in [-0.15, -0.1) is 11.3 Å². The summed E-state index contributed by atoms with van der Waals surface area (Å²) >= 11 is 2.99. The number of alkyl carbamates (subject to hydrolysis) is 1. The van der Waals surface area contributed by atoms with Crippen molar-refractivity contribution < 1.29 is 23.8 Å². The van der Waals surface area contributed by atoms with Crippen molar-refractivity contribution in [2.24, 2.45) is 4.99 Å². The standard InChI is InChI=1S/C42H61N7O5S2/c1-31(2)40-45-37(29-55-40)27-48(5)41(52-6)47-38(19-20-49-21-23-53-24-22-49)39(50)44-35(25-33-13-9-7-10-14-33)17-18-36(26-34-15-11-8-12-16-34)46-42(51)54-28-32(3)56-30-43-4/h7-16,29-31,35-36,38,41,47H,3,17-28H2,1-2,4-6H3,(H,44,50)(H,46,51). The third kappa shape index (κ3) is 16.5. The SMILES string of the molecule is C=C(COC(=O)NC(CCC(Cc1ccccc1)NC(=O)C(CCN1CCOCC1)NC(OC)N(C)Cc1csc(C(C)C)n1)Cc1ccccc1)SC=NC. The molecule has 1 aliphatic rings. The Morgan fingerprint density at radius 3 is 2.21 bits per heavy atom. The van der Waals surface area contributed by atoms with Crippen LogP contribution in [0.1, 0.15) is 60.9 Å². The second kappa shape index (κ2) is 24.9. The van der Waals surface area contributed by atoms with E-state index in [1.807, 2.05) is 48.3 Å². The summed E-state index contributed by atoms with van der Waals surface area (Å²) in [4.78, 5) is 41.3. The lowest BCUT2D eigenvalue weighted by molar-refractivity contribution is -0.128. The molecule has 0 saturated carbocycles. The van der Waals surface area contributed by atoms with Crippen molar-refractivity contribution in [2.75, 3.05) is 60.7 Å². The molecule has 2 amide bonds. The Hall–Kier alpha value is -3.63. The minimum absolute atomic E-state index is 0.0759. The van der Waals surface area contributed by atoms with E-state index >= 15 is 0 Å². The molecule has 0 radical (unpaired) electrons. The average Bonchev–Trinajstić information content (AvgIpc) is 3.68. The molecule has 1 saturated heterocycles. The zero-order valence-electron chi connectivity index (χ0n) is 33.7. The van der Waals surface area contributed by atoms with Gasteiger partial charge in [0, 0.05) is 68.6 Å². The second-order valence-corrected chi connectivity index (χ2v) is 16.3. The largest absolute Gasteiger partial charge is 0.444 e. The van der Waals surface area contributed by atoms with Crippen molar-refractivity contribution in [2.45, 2.75) is 82.9 Å². The molecule has 0 bridgehead atoms. The zero-order valence-corrected chi connectivity index (χ0v) is 35.3. The van der Waals surface area contributed by atoms with Gasteiger partial charge in [-0.1, -0.05) is 92.9 Å². The van der Waals surface area contributed by atoms with Crippen LogP contribution in [0.5, 0.6) is 0 Å². The molecule has 2 heterocycles. The summed E-state index contributed by atoms with van der Waals surface area (Å²) in [6.45, 7) is 12.7. The molecule has 0 aliphatic carbocycles. The van der Waals surface area contributed by atoms with Gasteiger partial charge >= 0.3 is 6.09 Å². The van der Waals surface area contributed by atoms with Crippen LogP contribution in [0.4, 0.5) is 4.79 Å². The number of thiazole rings is 1. The van der Waals surface area contributed by atoms with Gasteiger partial charge in [0.25, 0.3) is 0 Å². The summed E-state index contributed by atoms with van der Waals surface area (Å²) < 4.78 is 17.1. The maximum absolute atomic E-state index is 14.5. The van der Waals surface area contributed by atoms with Crippen molar-refractivity contribution in [3.05, 3.63) is 99.4 Å². The first-order chi connectivity index (χ1) is 27.1. The molecule has 1 fully saturated rings. The van der Waals surface area contributed by atoms with Gasteiger partial charge in [-0.3, -0.25) is 24.9 Å². The summed E-state index contributed by atoms with van der Waals surface area (Å²) in [5.74, 6) is 0.269. The van der Waals surface area contributed by atoms with Crippen molar-refractivity contribution in [1.29, 1.82) is 0 Å². The summed E-state index contributed by atoms with van der Waals surface area (Å²) in [6.07, 6.45) is 2.04. The molecule has 4 rings (SSSR count). The van der Waals surface area contributed by atoms with E-state index in [0.717, 1.165) is 41.5 Å². The fraction of sp³-hybridized carbons (Fsp3) is 0.524. The van der Waals surface area contributed by atoms with Crippen molar-refractivity contribution in [1.82, 2.24) is 30.7 Å². The normalized spacial score (nSPS) is 15.8. The van der Waals surface area contributed by atoms with E-state index < -0.39 is 18.5 Å². The van der Waals surface area contributed by atoms with E-state index in [9.17, 15) is 9.59 Å². The minimum Gasteiger partial charge on any atom is -0.444 e. The lowest BCUT2D eigenvalue weighted by Gasteiger charge is -2.33. The summed E-state index contributed by atoms with van der Waals surface area (Å²) in [6, 6.07) is 19.3. The number of benzene rings is 2. The van der Waals surface area contributed by atoms with E-state index in [2.05, 4.69) is 75.9 Å². The van der Waals surface area contributed by atoms with Crippen LogP contribution in [0, 0.1) is 0 Å². The molecule has 4 atom stereocenters. The van der Waals surface area contributed by atoms with Gasteiger partial charge < -0.3 is 24.8 Å². The number of thioether (sulfide) groups is 1. The number of hydrogen-bond acceptors (Lipinski definition) is 12. The van der Waals surface area contributed by atoms with Gasteiger partial charge in [-0.2, -0.15) is 0 Å². The molecule has 1 aliphatic heterocycles. The van der Waals surface area contributed by atoms with E-state index in [0.29, 0.717) is 62.7 Å². The van der Waals surface area contributed by atoms with Crippen LogP contribution in [0.25, 0.3) is 0 Å². The first kappa shape index (κ1) is 45.1. The molecule has 3 N–H and O–H groups in total. The molecule has 4 unspecified atom stereocenters. The van der Waals surface area contributed by atoms with E-state index in [4.69, 9.17) is 19.2 Å². The second-order valence-electron chi connectivity index (χ2n) is 14.4. The number of amides is 2. The number of hydrogen-bond donors (Lipinski definition) is 3. The molecule has 12 nitrogen and oxygen atoms in total. The van der Waals surface area contributed by atoms with Gasteiger partial charge in [-0.05, 0) is 50.3 Å². The summed E-state index contributed by atoms with van der Waals surface area (Å²) in [5, 5.41) is 13.2. The molecule has 56 heavy (non-hydrogen) atoms. The molecule has 3 aromatic rings. The van der Waals surface area contributed by atoms with Crippen molar-refractivity contribution >= 4 is 40.6 Å². The Bertz CT molecular complexity index is 1620. The summed E-state index contributed by atoms with van der Waals surface area (Å²) in [5.41, 5.74) is 4.84. The number of ether oxygens (including phenoxy) is 3. The first-order valence-corrected chi connectivity index (χ1v) is 21.2. The number of nitrogens with zero attached hydrogens (tertiary/aromatic N) is 4. The highest BCUT2D eigenvalue weighted by atomic mass is 32.2. The number of carbonyl (C=O) groups excluding carboxylic acids is 2. The van der Waals surface area contributed by atoms with Crippen molar-refractivity contribution in [3.8, 4) is 0 Å². The predicted molar refractivity (Wildman–Crippen MR) is 228 cm³/mol. The van der Waals surface area contributed by atoms with Crippen LogP contribution in [0.2, 0.25) is 0 Å². The van der Waals surface area contributed by atoms with Crippen LogP contribution in [-0.4, -0.2) is 117 Å². The maximum atomic E-state index is 14.5. The highest BCUT2D eigenvalue weighted by molar-refractivity contribution is 8.15. The Morgan fingerprint density at radius 2 is 1.64 bits per heavy atom. The number of nitrogens with one attached hydrogen (secondary N) is 3. The minimum atomic E-state index is -0.540. The number of aromatic nitrogens is 1. The Kier molecular flexibility index (Phi) is 20.0. The molecular formula is C42H61N7O5S2. The van der Waals surface area contributed by atoms with Crippen molar-refractivity contribution in [3.63, 3.8) is 0 Å². The number of morpholine rings is 1. The first-order valence-electron chi connectivity index (χ1n) is 19.4. The Morgan fingerprint density at radius 1 is 1.02 bits per heavy atom. The topological polar surface area (TPSA) is 130 Å². The van der Waals surface area contributed by atoms with Gasteiger partial charge in [0.2, 0.25) is 5.91 Å². The molecule has 2 aromatic carbocycles. The van der Waals surface area contributed by atoms with Gasteiger partial charge in [0.15, 0.2) is 6.35 Å². The van der Waals surface area contributed by atoms with Gasteiger partial charge in [-0.25, -0.2) is 9.78 Å². The van der Waals surface area contributed by atoms with Crippen LogP contribution in [-0.2, 0) is 38.4 Å². The average molecular weight is 808 g/mol. The fourth-order valence-electron chi connectivity index (χ4n) is 6.44. The Labute approximate surface area is 341 Å². The highest BCUT2D eigenvalue weighted by Crippen LogP contribution is 2.21. The van der Waals surface area contributed by atoms with E-state index in [1.54, 1.807) is 31.0 Å². The maximum Gasteiger partial charge on any atom is 0.407 e. The van der Waals surface area contributed by atoms with Gasteiger partial charge in [0.1, 0.15) is 6.61 Å².